The Balaban J connectivity index is 1.76. The third kappa shape index (κ3) is 3.80. The largest absolute Gasteiger partial charge is 0.378 e. The molecule has 2 aromatic rings. The maximum atomic E-state index is 11.5. The number of rotatable bonds is 4. The summed E-state index contributed by atoms with van der Waals surface area (Å²) in [6, 6.07) is 9.11. The summed E-state index contributed by atoms with van der Waals surface area (Å²) in [7, 11) is -1.43. The monoisotopic (exact) mass is 335 g/mol. The summed E-state index contributed by atoms with van der Waals surface area (Å²) in [6.07, 6.45) is 3.12. The van der Waals surface area contributed by atoms with Gasteiger partial charge in [0.05, 0.1) is 23.2 Å². The van der Waals surface area contributed by atoms with Crippen molar-refractivity contribution in [2.24, 2.45) is 0 Å². The molecule has 0 amide bonds. The zero-order valence-electron chi connectivity index (χ0n) is 13.3. The van der Waals surface area contributed by atoms with Crippen LogP contribution in [0.1, 0.15) is 11.3 Å². The number of hydrogen-bond donors (Lipinski definition) is 0. The lowest BCUT2D eigenvalue weighted by Gasteiger charge is -2.23. The first kappa shape index (κ1) is 16.2. The van der Waals surface area contributed by atoms with Crippen LogP contribution < -0.4 is 0 Å². The molecule has 0 aliphatic carbocycles. The normalized spacial score (nSPS) is 19.3. The van der Waals surface area contributed by atoms with Crippen LogP contribution in [0.2, 0.25) is 0 Å². The molecule has 2 heterocycles. The fourth-order valence-corrected chi connectivity index (χ4v) is 3.49. The lowest BCUT2D eigenvalue weighted by molar-refractivity contribution is 0.0547. The van der Waals surface area contributed by atoms with Gasteiger partial charge < -0.3 is 4.74 Å². The maximum absolute atomic E-state index is 11.5. The highest BCUT2D eigenvalue weighted by atomic mass is 32.2. The lowest BCUT2D eigenvalue weighted by atomic mass is 10.2. The van der Waals surface area contributed by atoms with Crippen LogP contribution in [-0.2, 0) is 34.2 Å². The Kier molecular flexibility index (Phi) is 4.52. The van der Waals surface area contributed by atoms with Crippen LogP contribution in [0.3, 0.4) is 0 Å². The van der Waals surface area contributed by atoms with E-state index < -0.39 is 9.84 Å². The summed E-state index contributed by atoms with van der Waals surface area (Å²) in [5.74, 6) is 0. The molecule has 1 aliphatic heterocycles. The van der Waals surface area contributed by atoms with Crippen molar-refractivity contribution in [2.45, 2.75) is 30.6 Å². The van der Waals surface area contributed by atoms with Gasteiger partial charge in [-0.05, 0) is 23.8 Å². The quantitative estimate of drug-likeness (QED) is 0.843. The van der Waals surface area contributed by atoms with Crippen LogP contribution in [0.15, 0.2) is 41.4 Å². The van der Waals surface area contributed by atoms with Crippen LogP contribution in [0.5, 0.6) is 0 Å². The molecule has 1 aromatic heterocycles. The second kappa shape index (κ2) is 6.43. The number of ether oxygens (including phenoxy) is 1. The molecule has 0 saturated heterocycles. The van der Waals surface area contributed by atoms with Crippen LogP contribution in [0, 0.1) is 0 Å². The molecule has 0 spiro atoms. The van der Waals surface area contributed by atoms with Crippen molar-refractivity contribution in [2.75, 3.05) is 19.9 Å². The minimum Gasteiger partial charge on any atom is -0.378 e. The molecule has 0 unspecified atom stereocenters. The number of benzene rings is 1. The van der Waals surface area contributed by atoms with Gasteiger partial charge in [-0.2, -0.15) is 5.10 Å². The Hall–Kier alpha value is -1.70. The van der Waals surface area contributed by atoms with Gasteiger partial charge in [-0.1, -0.05) is 12.1 Å². The summed E-state index contributed by atoms with van der Waals surface area (Å²) in [5.41, 5.74) is 2.25. The molecule has 0 fully saturated rings. The highest BCUT2D eigenvalue weighted by Gasteiger charge is 2.22. The zero-order valence-corrected chi connectivity index (χ0v) is 14.2. The summed E-state index contributed by atoms with van der Waals surface area (Å²) in [5, 5.41) is 4.34. The standard InChI is InChI=1S/C16H21N3O3S/c1-22-15-11-18(10-14-7-8-17-19(14)12-15)9-13-3-5-16(6-4-13)23(2,20)21/h3-8,15H,9-12H2,1-2H3/t15-/m0/s1. The van der Waals surface area contributed by atoms with Crippen molar-refractivity contribution < 1.29 is 13.2 Å². The highest BCUT2D eigenvalue weighted by molar-refractivity contribution is 7.90. The second-order valence-corrected chi connectivity index (χ2v) is 7.96. The SMILES string of the molecule is CO[C@H]1CN(Cc2ccc(S(C)(=O)=O)cc2)Cc2ccnn2C1. The number of hydrogen-bond acceptors (Lipinski definition) is 5. The molecular formula is C16H21N3O3S. The van der Waals surface area contributed by atoms with Gasteiger partial charge in [-0.3, -0.25) is 9.58 Å². The van der Waals surface area contributed by atoms with Crippen LogP contribution in [0.25, 0.3) is 0 Å². The van der Waals surface area contributed by atoms with E-state index >= 15 is 0 Å². The Morgan fingerprint density at radius 1 is 1.22 bits per heavy atom. The first-order chi connectivity index (χ1) is 11.0. The van der Waals surface area contributed by atoms with Gasteiger partial charge in [0.15, 0.2) is 9.84 Å². The number of sulfone groups is 1. The molecule has 0 saturated carbocycles. The summed E-state index contributed by atoms with van der Waals surface area (Å²) >= 11 is 0. The third-order valence-corrected chi connectivity index (χ3v) is 5.25. The average molecular weight is 335 g/mol. The molecule has 0 bridgehead atoms. The molecular weight excluding hydrogens is 314 g/mol. The lowest BCUT2D eigenvalue weighted by Crippen LogP contribution is -2.32. The number of nitrogens with zero attached hydrogens (tertiary/aromatic N) is 3. The predicted molar refractivity (Wildman–Crippen MR) is 86.7 cm³/mol. The van der Waals surface area contributed by atoms with Crippen molar-refractivity contribution >= 4 is 9.84 Å². The van der Waals surface area contributed by atoms with Crippen LogP contribution >= 0.6 is 0 Å². The van der Waals surface area contributed by atoms with E-state index in [9.17, 15) is 8.42 Å². The van der Waals surface area contributed by atoms with Gasteiger partial charge in [-0.25, -0.2) is 8.42 Å². The average Bonchev–Trinajstić information content (AvgIpc) is 2.86. The molecule has 1 atom stereocenters. The van der Waals surface area contributed by atoms with Gasteiger partial charge >= 0.3 is 0 Å². The molecule has 0 radical (unpaired) electrons. The predicted octanol–water partition coefficient (Wildman–Crippen LogP) is 1.32. The first-order valence-electron chi connectivity index (χ1n) is 7.50. The van der Waals surface area contributed by atoms with E-state index in [0.29, 0.717) is 4.90 Å². The van der Waals surface area contributed by atoms with E-state index in [0.717, 1.165) is 37.4 Å². The Bertz CT molecular complexity index is 768. The van der Waals surface area contributed by atoms with E-state index in [-0.39, 0.29) is 6.10 Å². The van der Waals surface area contributed by atoms with Gasteiger partial charge in [0.25, 0.3) is 0 Å². The Morgan fingerprint density at radius 2 is 1.96 bits per heavy atom. The van der Waals surface area contributed by atoms with Crippen molar-refractivity contribution in [1.82, 2.24) is 14.7 Å². The minimum atomic E-state index is -3.15. The van der Waals surface area contributed by atoms with Crippen molar-refractivity contribution in [3.63, 3.8) is 0 Å². The first-order valence-corrected chi connectivity index (χ1v) is 9.39. The molecule has 7 heteroatoms. The molecule has 124 valence electrons. The summed E-state index contributed by atoms with van der Waals surface area (Å²) in [4.78, 5) is 2.65. The number of aromatic nitrogens is 2. The molecule has 1 aromatic carbocycles. The van der Waals surface area contributed by atoms with Gasteiger partial charge in [0.2, 0.25) is 0 Å². The molecule has 3 rings (SSSR count). The Labute approximate surface area is 136 Å². The van der Waals surface area contributed by atoms with Gasteiger partial charge in [0, 0.05) is 39.2 Å². The topological polar surface area (TPSA) is 64.4 Å². The summed E-state index contributed by atoms with van der Waals surface area (Å²) < 4.78 is 30.6. The van der Waals surface area contributed by atoms with Crippen LogP contribution in [-0.4, -0.2) is 49.1 Å². The molecule has 0 N–H and O–H groups in total. The summed E-state index contributed by atoms with van der Waals surface area (Å²) in [6.45, 7) is 3.11. The van der Waals surface area contributed by atoms with E-state index in [2.05, 4.69) is 10.00 Å². The zero-order chi connectivity index (χ0) is 16.4. The fourth-order valence-electron chi connectivity index (χ4n) is 2.86. The third-order valence-electron chi connectivity index (χ3n) is 4.12. The number of methoxy groups -OCH3 is 1. The molecule has 23 heavy (non-hydrogen) atoms. The smallest absolute Gasteiger partial charge is 0.175 e. The van der Waals surface area contributed by atoms with E-state index in [1.54, 1.807) is 19.2 Å². The van der Waals surface area contributed by atoms with E-state index in [1.807, 2.05) is 29.1 Å². The van der Waals surface area contributed by atoms with E-state index in [1.165, 1.54) is 6.26 Å². The fraction of sp³-hybridized carbons (Fsp3) is 0.438. The van der Waals surface area contributed by atoms with Gasteiger partial charge in [0.1, 0.15) is 0 Å². The second-order valence-electron chi connectivity index (χ2n) is 5.95. The molecule has 1 aliphatic rings. The maximum Gasteiger partial charge on any atom is 0.175 e. The van der Waals surface area contributed by atoms with Crippen molar-refractivity contribution in [3.05, 3.63) is 47.8 Å². The van der Waals surface area contributed by atoms with Crippen LogP contribution in [0.4, 0.5) is 0 Å². The minimum absolute atomic E-state index is 0.0893. The highest BCUT2D eigenvalue weighted by Crippen LogP contribution is 2.17. The number of fused-ring (bicyclic) bond motifs is 1. The van der Waals surface area contributed by atoms with Gasteiger partial charge in [-0.15, -0.1) is 0 Å². The molecule has 6 nitrogen and oxygen atoms in total. The Morgan fingerprint density at radius 3 is 2.61 bits per heavy atom. The van der Waals surface area contributed by atoms with E-state index in [4.69, 9.17) is 4.74 Å². The van der Waals surface area contributed by atoms with Crippen molar-refractivity contribution in [1.29, 1.82) is 0 Å². The van der Waals surface area contributed by atoms with Crippen molar-refractivity contribution in [3.8, 4) is 0 Å².